The van der Waals surface area contributed by atoms with Crippen molar-refractivity contribution in [2.75, 3.05) is 20.2 Å². The molecule has 6 heteroatoms. The number of hydrogen-bond donors (Lipinski definition) is 2. The van der Waals surface area contributed by atoms with Gasteiger partial charge >= 0.3 is 0 Å². The summed E-state index contributed by atoms with van der Waals surface area (Å²) in [6.07, 6.45) is 4.88. The second-order valence-corrected chi connectivity index (χ2v) is 4.83. The van der Waals surface area contributed by atoms with E-state index < -0.39 is 0 Å². The SMILES string of the molecule is CN(CCCCCO)C(=O)c1n[nH]c(C2CC2)n1. The van der Waals surface area contributed by atoms with Crippen LogP contribution in [0.3, 0.4) is 0 Å². The van der Waals surface area contributed by atoms with Crippen LogP contribution in [0.25, 0.3) is 0 Å². The summed E-state index contributed by atoms with van der Waals surface area (Å²) in [5.41, 5.74) is 0. The zero-order valence-corrected chi connectivity index (χ0v) is 10.7. The average molecular weight is 252 g/mol. The van der Waals surface area contributed by atoms with Gasteiger partial charge in [-0.2, -0.15) is 0 Å². The fourth-order valence-corrected chi connectivity index (χ4v) is 1.82. The number of carbonyl (C=O) groups is 1. The molecule has 1 aliphatic carbocycles. The van der Waals surface area contributed by atoms with E-state index in [0.717, 1.165) is 37.9 Å². The van der Waals surface area contributed by atoms with Crippen LogP contribution in [0.1, 0.15) is 54.5 Å². The van der Waals surface area contributed by atoms with E-state index >= 15 is 0 Å². The molecule has 1 aromatic heterocycles. The molecule has 1 aliphatic rings. The molecule has 0 spiro atoms. The summed E-state index contributed by atoms with van der Waals surface area (Å²) in [4.78, 5) is 17.9. The zero-order chi connectivity index (χ0) is 13.0. The van der Waals surface area contributed by atoms with Crippen LogP contribution in [0.4, 0.5) is 0 Å². The first-order chi connectivity index (χ1) is 8.72. The summed E-state index contributed by atoms with van der Waals surface area (Å²) < 4.78 is 0. The fraction of sp³-hybridized carbons (Fsp3) is 0.750. The minimum atomic E-state index is -0.137. The van der Waals surface area contributed by atoms with Crippen molar-refractivity contribution in [3.8, 4) is 0 Å². The Kier molecular flexibility index (Phi) is 4.30. The van der Waals surface area contributed by atoms with E-state index in [1.807, 2.05) is 0 Å². The summed E-state index contributed by atoms with van der Waals surface area (Å²) in [7, 11) is 1.76. The Morgan fingerprint density at radius 1 is 1.44 bits per heavy atom. The van der Waals surface area contributed by atoms with Gasteiger partial charge in [-0.15, -0.1) is 5.10 Å². The molecule has 100 valence electrons. The maximum absolute atomic E-state index is 12.0. The molecule has 0 unspecified atom stereocenters. The number of unbranched alkanes of at least 4 members (excludes halogenated alkanes) is 2. The summed E-state index contributed by atoms with van der Waals surface area (Å²) in [6.45, 7) is 0.884. The third kappa shape index (κ3) is 3.29. The lowest BCUT2D eigenvalue weighted by atomic mass is 10.2. The Hall–Kier alpha value is -1.43. The number of carbonyl (C=O) groups excluding carboxylic acids is 1. The van der Waals surface area contributed by atoms with Crippen LogP contribution < -0.4 is 0 Å². The van der Waals surface area contributed by atoms with Crippen molar-refractivity contribution in [1.82, 2.24) is 20.1 Å². The molecule has 0 bridgehead atoms. The van der Waals surface area contributed by atoms with E-state index in [-0.39, 0.29) is 18.3 Å². The Morgan fingerprint density at radius 3 is 2.89 bits per heavy atom. The Labute approximate surface area is 106 Å². The second kappa shape index (κ2) is 5.95. The third-order valence-corrected chi connectivity index (χ3v) is 3.16. The number of aliphatic hydroxyl groups is 1. The second-order valence-electron chi connectivity index (χ2n) is 4.83. The fourth-order valence-electron chi connectivity index (χ4n) is 1.82. The van der Waals surface area contributed by atoms with Gasteiger partial charge in [0.15, 0.2) is 0 Å². The van der Waals surface area contributed by atoms with Crippen molar-refractivity contribution >= 4 is 5.91 Å². The lowest BCUT2D eigenvalue weighted by molar-refractivity contribution is 0.0780. The predicted molar refractivity (Wildman–Crippen MR) is 66.3 cm³/mol. The number of nitrogens with one attached hydrogen (secondary N) is 1. The van der Waals surface area contributed by atoms with E-state index in [4.69, 9.17) is 5.11 Å². The number of aromatic amines is 1. The van der Waals surface area contributed by atoms with Crippen LogP contribution in [0.15, 0.2) is 0 Å². The van der Waals surface area contributed by atoms with Gasteiger partial charge in [-0.05, 0) is 32.1 Å². The van der Waals surface area contributed by atoms with E-state index in [2.05, 4.69) is 15.2 Å². The molecule has 1 amide bonds. The number of nitrogens with zero attached hydrogens (tertiary/aromatic N) is 3. The zero-order valence-electron chi connectivity index (χ0n) is 10.7. The van der Waals surface area contributed by atoms with E-state index in [1.165, 1.54) is 0 Å². The van der Waals surface area contributed by atoms with Crippen molar-refractivity contribution in [3.05, 3.63) is 11.6 Å². The largest absolute Gasteiger partial charge is 0.396 e. The molecular formula is C12H20N4O2. The van der Waals surface area contributed by atoms with Gasteiger partial charge in [0.1, 0.15) is 5.82 Å². The highest BCUT2D eigenvalue weighted by atomic mass is 16.2. The number of aromatic nitrogens is 3. The van der Waals surface area contributed by atoms with Crippen LogP contribution in [-0.4, -0.2) is 51.3 Å². The van der Waals surface area contributed by atoms with Gasteiger partial charge in [-0.25, -0.2) is 4.98 Å². The molecule has 2 N–H and O–H groups in total. The smallest absolute Gasteiger partial charge is 0.293 e. The lowest BCUT2D eigenvalue weighted by Gasteiger charge is -2.14. The predicted octanol–water partition coefficient (Wildman–Crippen LogP) is 0.917. The molecule has 0 radical (unpaired) electrons. The Balaban J connectivity index is 1.81. The summed E-state index contributed by atoms with van der Waals surface area (Å²) in [5, 5.41) is 15.5. The molecule has 0 atom stereocenters. The first kappa shape index (κ1) is 13.0. The van der Waals surface area contributed by atoms with Crippen LogP contribution in [-0.2, 0) is 0 Å². The highest BCUT2D eigenvalue weighted by Gasteiger charge is 2.28. The van der Waals surface area contributed by atoms with Crippen LogP contribution in [0, 0.1) is 0 Å². The number of amides is 1. The molecule has 1 fully saturated rings. The molecule has 6 nitrogen and oxygen atoms in total. The van der Waals surface area contributed by atoms with Crippen molar-refractivity contribution in [2.24, 2.45) is 0 Å². The maximum atomic E-state index is 12.0. The molecule has 0 saturated heterocycles. The summed E-state index contributed by atoms with van der Waals surface area (Å²) in [6, 6.07) is 0. The topological polar surface area (TPSA) is 82.1 Å². The summed E-state index contributed by atoms with van der Waals surface area (Å²) >= 11 is 0. The highest BCUT2D eigenvalue weighted by Crippen LogP contribution is 2.37. The van der Waals surface area contributed by atoms with Crippen molar-refractivity contribution in [2.45, 2.75) is 38.0 Å². The lowest BCUT2D eigenvalue weighted by Crippen LogP contribution is -2.28. The minimum absolute atomic E-state index is 0.137. The molecule has 1 heterocycles. The first-order valence-corrected chi connectivity index (χ1v) is 6.51. The number of H-pyrrole nitrogens is 1. The van der Waals surface area contributed by atoms with E-state index in [0.29, 0.717) is 12.5 Å². The molecular weight excluding hydrogens is 232 g/mol. The number of aliphatic hydroxyl groups excluding tert-OH is 1. The third-order valence-electron chi connectivity index (χ3n) is 3.16. The molecule has 0 aromatic carbocycles. The van der Waals surface area contributed by atoms with Gasteiger partial charge in [0, 0.05) is 26.1 Å². The molecule has 1 aromatic rings. The molecule has 18 heavy (non-hydrogen) atoms. The quantitative estimate of drug-likeness (QED) is 0.707. The molecule has 1 saturated carbocycles. The normalized spacial score (nSPS) is 14.8. The van der Waals surface area contributed by atoms with Crippen LogP contribution in [0.2, 0.25) is 0 Å². The Morgan fingerprint density at radius 2 is 2.22 bits per heavy atom. The summed E-state index contributed by atoms with van der Waals surface area (Å²) in [5.74, 6) is 1.45. The maximum Gasteiger partial charge on any atom is 0.293 e. The van der Waals surface area contributed by atoms with E-state index in [9.17, 15) is 4.79 Å². The van der Waals surface area contributed by atoms with Gasteiger partial charge in [-0.3, -0.25) is 9.89 Å². The average Bonchev–Trinajstić information content (AvgIpc) is 3.11. The molecule has 2 rings (SSSR count). The van der Waals surface area contributed by atoms with Gasteiger partial charge in [0.2, 0.25) is 5.82 Å². The number of hydrogen-bond acceptors (Lipinski definition) is 4. The van der Waals surface area contributed by atoms with E-state index in [1.54, 1.807) is 11.9 Å². The number of rotatable bonds is 7. The minimum Gasteiger partial charge on any atom is -0.396 e. The van der Waals surface area contributed by atoms with Crippen LogP contribution >= 0.6 is 0 Å². The highest BCUT2D eigenvalue weighted by molar-refractivity contribution is 5.90. The van der Waals surface area contributed by atoms with Gasteiger partial charge in [0.25, 0.3) is 5.91 Å². The van der Waals surface area contributed by atoms with Gasteiger partial charge < -0.3 is 10.0 Å². The van der Waals surface area contributed by atoms with Gasteiger partial charge in [-0.1, -0.05) is 0 Å². The van der Waals surface area contributed by atoms with Crippen molar-refractivity contribution in [1.29, 1.82) is 0 Å². The van der Waals surface area contributed by atoms with Crippen LogP contribution in [0.5, 0.6) is 0 Å². The first-order valence-electron chi connectivity index (χ1n) is 6.51. The monoisotopic (exact) mass is 252 g/mol. The van der Waals surface area contributed by atoms with Crippen molar-refractivity contribution < 1.29 is 9.90 Å². The Bertz CT molecular complexity index is 401. The molecule has 0 aliphatic heterocycles. The van der Waals surface area contributed by atoms with Gasteiger partial charge in [0.05, 0.1) is 0 Å². The standard InChI is InChI=1S/C12H20N4O2/c1-16(7-3-2-4-8-17)12(18)11-13-10(14-15-11)9-5-6-9/h9,17H,2-8H2,1H3,(H,13,14,15). The van der Waals surface area contributed by atoms with Crippen molar-refractivity contribution in [3.63, 3.8) is 0 Å².